The molecule has 0 atom stereocenters. The van der Waals surface area contributed by atoms with Crippen molar-refractivity contribution in [2.45, 2.75) is 39.5 Å². The van der Waals surface area contributed by atoms with Crippen LogP contribution < -0.4 is 18.9 Å². The Labute approximate surface area is 235 Å². The number of carbonyl (C=O) groups excluding carboxylic acids is 2. The maximum absolute atomic E-state index is 12.5. The molecule has 4 aromatic carbocycles. The van der Waals surface area contributed by atoms with E-state index in [4.69, 9.17) is 18.9 Å². The molecule has 0 aliphatic rings. The lowest BCUT2D eigenvalue weighted by atomic mass is 10.1. The van der Waals surface area contributed by atoms with Gasteiger partial charge in [-0.15, -0.1) is 0 Å². The average Bonchev–Trinajstić information content (AvgIpc) is 2.99. The van der Waals surface area contributed by atoms with Gasteiger partial charge in [-0.2, -0.15) is 0 Å². The normalized spacial score (nSPS) is 10.6. The Balaban J connectivity index is 1.29. The lowest BCUT2D eigenvalue weighted by molar-refractivity contribution is 0.0725. The van der Waals surface area contributed by atoms with E-state index in [1.54, 1.807) is 72.8 Å². The Bertz CT molecular complexity index is 1250. The van der Waals surface area contributed by atoms with E-state index in [1.807, 2.05) is 24.3 Å². The molecular weight excluding hydrogens is 504 g/mol. The molecule has 206 valence electrons. The van der Waals surface area contributed by atoms with Crippen molar-refractivity contribution in [1.82, 2.24) is 0 Å². The van der Waals surface area contributed by atoms with Crippen molar-refractivity contribution in [3.05, 3.63) is 108 Å². The van der Waals surface area contributed by atoms with Crippen LogP contribution >= 0.6 is 0 Å². The van der Waals surface area contributed by atoms with Gasteiger partial charge in [0.2, 0.25) is 0 Å². The second-order valence-electron chi connectivity index (χ2n) is 9.28. The van der Waals surface area contributed by atoms with Gasteiger partial charge in [0, 0.05) is 0 Å². The van der Waals surface area contributed by atoms with Crippen LogP contribution in [0.5, 0.6) is 23.0 Å². The summed E-state index contributed by atoms with van der Waals surface area (Å²) in [5.74, 6) is 1.50. The Hall–Kier alpha value is -4.58. The SMILES string of the molecule is CCCCOc1ccc(C(=O)Oc2ccc(-c3ccc(OC(=O)c4ccc(OCCCC)cc4)cc3)cc2)cc1. The van der Waals surface area contributed by atoms with Crippen LogP contribution in [-0.4, -0.2) is 25.2 Å². The molecule has 4 rings (SSSR count). The molecule has 0 bridgehead atoms. The Kier molecular flexibility index (Phi) is 10.3. The zero-order valence-electron chi connectivity index (χ0n) is 22.9. The lowest BCUT2D eigenvalue weighted by Crippen LogP contribution is -2.08. The predicted octanol–water partition coefficient (Wildman–Crippen LogP) is 8.15. The van der Waals surface area contributed by atoms with Gasteiger partial charge in [0.1, 0.15) is 23.0 Å². The minimum atomic E-state index is -0.433. The number of unbranched alkanes of at least 4 members (excludes halogenated alkanes) is 2. The highest BCUT2D eigenvalue weighted by Gasteiger charge is 2.11. The average molecular weight is 539 g/mol. The summed E-state index contributed by atoms with van der Waals surface area (Å²) in [7, 11) is 0. The van der Waals surface area contributed by atoms with Crippen molar-refractivity contribution in [1.29, 1.82) is 0 Å². The number of hydrogen-bond acceptors (Lipinski definition) is 6. The van der Waals surface area contributed by atoms with Gasteiger partial charge in [0.15, 0.2) is 0 Å². The molecule has 0 spiro atoms. The number of ether oxygens (including phenoxy) is 4. The maximum atomic E-state index is 12.5. The fourth-order valence-electron chi connectivity index (χ4n) is 3.81. The number of benzene rings is 4. The number of esters is 2. The van der Waals surface area contributed by atoms with Gasteiger partial charge in [-0.3, -0.25) is 0 Å². The molecular formula is C34H34O6. The molecule has 0 fully saturated rings. The van der Waals surface area contributed by atoms with Crippen LogP contribution in [-0.2, 0) is 0 Å². The first-order valence-corrected chi connectivity index (χ1v) is 13.7. The molecule has 0 radical (unpaired) electrons. The van der Waals surface area contributed by atoms with Crippen molar-refractivity contribution in [3.63, 3.8) is 0 Å². The zero-order chi connectivity index (χ0) is 28.2. The van der Waals surface area contributed by atoms with Crippen LogP contribution in [0.2, 0.25) is 0 Å². The lowest BCUT2D eigenvalue weighted by Gasteiger charge is -2.09. The summed E-state index contributed by atoms with van der Waals surface area (Å²) in [6.07, 6.45) is 4.11. The van der Waals surface area contributed by atoms with Crippen LogP contribution in [0.15, 0.2) is 97.1 Å². The molecule has 40 heavy (non-hydrogen) atoms. The van der Waals surface area contributed by atoms with Gasteiger partial charge in [0.05, 0.1) is 24.3 Å². The van der Waals surface area contributed by atoms with Gasteiger partial charge in [0.25, 0.3) is 0 Å². The zero-order valence-corrected chi connectivity index (χ0v) is 22.9. The highest BCUT2D eigenvalue weighted by atomic mass is 16.5. The van der Waals surface area contributed by atoms with Gasteiger partial charge in [-0.25, -0.2) is 9.59 Å². The molecule has 0 saturated carbocycles. The molecule has 0 heterocycles. The third kappa shape index (κ3) is 8.21. The van der Waals surface area contributed by atoms with Gasteiger partial charge >= 0.3 is 11.9 Å². The van der Waals surface area contributed by atoms with Crippen molar-refractivity contribution < 1.29 is 28.5 Å². The highest BCUT2D eigenvalue weighted by molar-refractivity contribution is 5.92. The minimum Gasteiger partial charge on any atom is -0.494 e. The third-order valence-electron chi connectivity index (χ3n) is 6.18. The Morgan fingerprint density at radius 3 is 1.12 bits per heavy atom. The van der Waals surface area contributed by atoms with Gasteiger partial charge < -0.3 is 18.9 Å². The van der Waals surface area contributed by atoms with Crippen molar-refractivity contribution >= 4 is 11.9 Å². The van der Waals surface area contributed by atoms with Gasteiger partial charge in [-0.1, -0.05) is 51.0 Å². The molecule has 0 unspecified atom stereocenters. The predicted molar refractivity (Wildman–Crippen MR) is 155 cm³/mol. The number of rotatable bonds is 13. The van der Waals surface area contributed by atoms with E-state index >= 15 is 0 Å². The van der Waals surface area contributed by atoms with E-state index in [9.17, 15) is 9.59 Å². The number of carbonyl (C=O) groups is 2. The first kappa shape index (κ1) is 28.4. The highest BCUT2D eigenvalue weighted by Crippen LogP contribution is 2.26. The standard InChI is InChI=1S/C34H34O6/c1-3-5-23-37-29-15-11-27(12-16-29)33(35)39-31-19-7-25(8-20-31)26-9-21-32(22-10-26)40-34(36)28-13-17-30(18-14-28)38-24-6-4-2/h7-22H,3-6,23-24H2,1-2H3. The van der Waals surface area contributed by atoms with E-state index in [1.165, 1.54) is 0 Å². The molecule has 0 saturated heterocycles. The van der Waals surface area contributed by atoms with Crippen LogP contribution in [0.4, 0.5) is 0 Å². The van der Waals surface area contributed by atoms with Crippen LogP contribution in [0.1, 0.15) is 60.2 Å². The second-order valence-corrected chi connectivity index (χ2v) is 9.28. The molecule has 0 aliphatic heterocycles. The summed E-state index contributed by atoms with van der Waals surface area (Å²) < 4.78 is 22.3. The van der Waals surface area contributed by atoms with E-state index in [-0.39, 0.29) is 0 Å². The Morgan fingerprint density at radius 2 is 0.800 bits per heavy atom. The van der Waals surface area contributed by atoms with Gasteiger partial charge in [-0.05, 0) is 96.8 Å². The molecule has 6 nitrogen and oxygen atoms in total. The Morgan fingerprint density at radius 1 is 0.475 bits per heavy atom. The molecule has 0 amide bonds. The second kappa shape index (κ2) is 14.5. The van der Waals surface area contributed by atoms with Crippen molar-refractivity contribution in [2.24, 2.45) is 0 Å². The van der Waals surface area contributed by atoms with Crippen molar-refractivity contribution in [2.75, 3.05) is 13.2 Å². The van der Waals surface area contributed by atoms with Crippen LogP contribution in [0.25, 0.3) is 11.1 Å². The summed E-state index contributed by atoms with van der Waals surface area (Å²) in [6, 6.07) is 28.4. The first-order chi connectivity index (χ1) is 19.6. The topological polar surface area (TPSA) is 71.1 Å². The fourth-order valence-corrected chi connectivity index (χ4v) is 3.81. The smallest absolute Gasteiger partial charge is 0.343 e. The maximum Gasteiger partial charge on any atom is 0.343 e. The summed E-state index contributed by atoms with van der Waals surface area (Å²) in [5, 5.41) is 0. The molecule has 4 aromatic rings. The largest absolute Gasteiger partial charge is 0.494 e. The van der Waals surface area contributed by atoms with E-state index in [2.05, 4.69) is 13.8 Å². The van der Waals surface area contributed by atoms with Crippen molar-refractivity contribution in [3.8, 4) is 34.1 Å². The molecule has 0 aromatic heterocycles. The summed E-state index contributed by atoms with van der Waals surface area (Å²) in [5.41, 5.74) is 2.77. The van der Waals surface area contributed by atoms with E-state index in [0.717, 1.165) is 48.3 Å². The molecule has 0 aliphatic carbocycles. The fraction of sp³-hybridized carbons (Fsp3) is 0.235. The van der Waals surface area contributed by atoms with E-state index in [0.29, 0.717) is 35.8 Å². The van der Waals surface area contributed by atoms with Crippen LogP contribution in [0.3, 0.4) is 0 Å². The van der Waals surface area contributed by atoms with Crippen LogP contribution in [0, 0.1) is 0 Å². The summed E-state index contributed by atoms with van der Waals surface area (Å²) in [4.78, 5) is 25.1. The number of hydrogen-bond donors (Lipinski definition) is 0. The first-order valence-electron chi connectivity index (χ1n) is 13.7. The minimum absolute atomic E-state index is 0.433. The summed E-state index contributed by atoms with van der Waals surface area (Å²) in [6.45, 7) is 5.53. The molecule has 6 heteroatoms. The molecule has 0 N–H and O–H groups in total. The van der Waals surface area contributed by atoms with E-state index < -0.39 is 11.9 Å². The third-order valence-corrected chi connectivity index (χ3v) is 6.18. The monoisotopic (exact) mass is 538 g/mol. The quantitative estimate of drug-likeness (QED) is 0.0972. The summed E-state index contributed by atoms with van der Waals surface area (Å²) >= 11 is 0.